The van der Waals surface area contributed by atoms with E-state index in [1.54, 1.807) is 0 Å². The van der Waals surface area contributed by atoms with Crippen molar-refractivity contribution in [3.63, 3.8) is 0 Å². The molecule has 2 N–H and O–H groups in total. The van der Waals surface area contributed by atoms with E-state index < -0.39 is 0 Å². The maximum absolute atomic E-state index is 11.9. The Morgan fingerprint density at radius 1 is 1.04 bits per heavy atom. The van der Waals surface area contributed by atoms with E-state index in [9.17, 15) is 9.59 Å². The smallest absolute Gasteiger partial charge is 0.220 e. The zero-order chi connectivity index (χ0) is 17.1. The van der Waals surface area contributed by atoms with Crippen LogP contribution in [0.1, 0.15) is 51.6 Å². The van der Waals surface area contributed by atoms with Crippen LogP contribution >= 0.6 is 0 Å². The molecule has 1 rings (SSSR count). The molecular weight excluding hydrogens is 292 g/mol. The number of rotatable bonds is 10. The number of nitrogens with one attached hydrogen (secondary N) is 2. The fraction of sp³-hybridized carbons (Fsp3) is 0.556. The summed E-state index contributed by atoms with van der Waals surface area (Å²) in [6.07, 6.45) is 1.39. The first kappa shape index (κ1) is 19.2. The molecule has 1 aromatic carbocycles. The van der Waals surface area contributed by atoms with E-state index in [0.29, 0.717) is 13.2 Å². The van der Waals surface area contributed by atoms with Gasteiger partial charge in [-0.05, 0) is 32.8 Å². The molecule has 0 aromatic heterocycles. The number of benzene rings is 1. The lowest BCUT2D eigenvalue weighted by Crippen LogP contribution is -2.30. The Morgan fingerprint density at radius 3 is 2.35 bits per heavy atom. The second-order valence-corrected chi connectivity index (χ2v) is 5.82. The van der Waals surface area contributed by atoms with Gasteiger partial charge < -0.3 is 15.4 Å². The van der Waals surface area contributed by atoms with Crippen molar-refractivity contribution in [1.29, 1.82) is 0 Å². The third kappa shape index (κ3) is 8.98. The van der Waals surface area contributed by atoms with Gasteiger partial charge in [0.25, 0.3) is 0 Å². The molecule has 0 unspecified atom stereocenters. The highest BCUT2D eigenvalue weighted by Crippen LogP contribution is 2.11. The predicted octanol–water partition coefficient (Wildman–Crippen LogP) is 2.58. The average molecular weight is 320 g/mol. The molecule has 0 aliphatic carbocycles. The van der Waals surface area contributed by atoms with Gasteiger partial charge in [-0.15, -0.1) is 0 Å². The van der Waals surface area contributed by atoms with Crippen molar-refractivity contribution in [2.24, 2.45) is 0 Å². The van der Waals surface area contributed by atoms with Gasteiger partial charge in [0.05, 0.1) is 12.1 Å². The summed E-state index contributed by atoms with van der Waals surface area (Å²) in [5, 5.41) is 5.70. The van der Waals surface area contributed by atoms with Crippen LogP contribution in [0.25, 0.3) is 0 Å². The van der Waals surface area contributed by atoms with Crippen molar-refractivity contribution < 1.29 is 14.3 Å². The quantitative estimate of drug-likeness (QED) is 0.651. The fourth-order valence-corrected chi connectivity index (χ4v) is 2.07. The van der Waals surface area contributed by atoms with Crippen LogP contribution in [0, 0.1) is 0 Å². The molecule has 0 aliphatic rings. The summed E-state index contributed by atoms with van der Waals surface area (Å²) in [6, 6.07) is 9.70. The van der Waals surface area contributed by atoms with Crippen LogP contribution in [0.4, 0.5) is 0 Å². The second-order valence-electron chi connectivity index (χ2n) is 5.82. The van der Waals surface area contributed by atoms with Crippen molar-refractivity contribution in [2.45, 2.75) is 52.2 Å². The SMILES string of the molecule is CC(C)OCCCNC(=O)CCC(=O)N[C@H](C)c1ccccc1. The van der Waals surface area contributed by atoms with Crippen LogP contribution < -0.4 is 10.6 Å². The van der Waals surface area contributed by atoms with Gasteiger partial charge in [0.1, 0.15) is 0 Å². The Kier molecular flexibility index (Phi) is 8.98. The molecule has 128 valence electrons. The highest BCUT2D eigenvalue weighted by Gasteiger charge is 2.11. The Labute approximate surface area is 138 Å². The van der Waals surface area contributed by atoms with E-state index in [2.05, 4.69) is 10.6 Å². The predicted molar refractivity (Wildman–Crippen MR) is 90.9 cm³/mol. The minimum absolute atomic E-state index is 0.0556. The van der Waals surface area contributed by atoms with Gasteiger partial charge in [-0.3, -0.25) is 9.59 Å². The normalized spacial score (nSPS) is 12.0. The van der Waals surface area contributed by atoms with Gasteiger partial charge >= 0.3 is 0 Å². The van der Waals surface area contributed by atoms with Crippen molar-refractivity contribution in [2.75, 3.05) is 13.2 Å². The summed E-state index contributed by atoms with van der Waals surface area (Å²) in [6.45, 7) is 7.10. The van der Waals surface area contributed by atoms with E-state index in [0.717, 1.165) is 12.0 Å². The molecule has 5 nitrogen and oxygen atoms in total. The van der Waals surface area contributed by atoms with Crippen LogP contribution in [0.3, 0.4) is 0 Å². The molecule has 0 radical (unpaired) electrons. The summed E-state index contributed by atoms with van der Waals surface area (Å²) in [7, 11) is 0. The standard InChI is InChI=1S/C18H28N2O3/c1-14(2)23-13-7-12-19-17(21)10-11-18(22)20-15(3)16-8-5-4-6-9-16/h4-6,8-9,14-15H,7,10-13H2,1-3H3,(H,19,21)(H,20,22)/t15-/m1/s1. The molecule has 0 fully saturated rings. The topological polar surface area (TPSA) is 67.4 Å². The van der Waals surface area contributed by atoms with Crippen LogP contribution in [0.15, 0.2) is 30.3 Å². The average Bonchev–Trinajstić information content (AvgIpc) is 2.53. The number of carbonyl (C=O) groups is 2. The molecule has 0 spiro atoms. The van der Waals surface area contributed by atoms with Crippen molar-refractivity contribution >= 4 is 11.8 Å². The number of ether oxygens (including phenoxy) is 1. The summed E-state index contributed by atoms with van der Waals surface area (Å²) in [5.74, 6) is -0.211. The van der Waals surface area contributed by atoms with Gasteiger partial charge in [-0.25, -0.2) is 0 Å². The molecule has 0 saturated carbocycles. The first-order chi connectivity index (χ1) is 11.0. The van der Waals surface area contributed by atoms with Crippen molar-refractivity contribution in [3.8, 4) is 0 Å². The summed E-state index contributed by atoms with van der Waals surface area (Å²) < 4.78 is 5.39. The van der Waals surface area contributed by atoms with Gasteiger partial charge in [0.15, 0.2) is 0 Å². The molecule has 5 heteroatoms. The molecule has 1 atom stereocenters. The Morgan fingerprint density at radius 2 is 1.70 bits per heavy atom. The van der Waals surface area contributed by atoms with Gasteiger partial charge in [0, 0.05) is 26.0 Å². The zero-order valence-electron chi connectivity index (χ0n) is 14.3. The van der Waals surface area contributed by atoms with Crippen LogP contribution in [-0.2, 0) is 14.3 Å². The van der Waals surface area contributed by atoms with E-state index in [1.165, 1.54) is 0 Å². The monoisotopic (exact) mass is 320 g/mol. The molecular formula is C18H28N2O3. The lowest BCUT2D eigenvalue weighted by atomic mass is 10.1. The minimum Gasteiger partial charge on any atom is -0.379 e. The van der Waals surface area contributed by atoms with Gasteiger partial charge in [-0.2, -0.15) is 0 Å². The molecule has 0 aliphatic heterocycles. The Hall–Kier alpha value is -1.88. The number of hydrogen-bond donors (Lipinski definition) is 2. The molecule has 1 aromatic rings. The summed E-state index contributed by atoms with van der Waals surface area (Å²) in [4.78, 5) is 23.5. The lowest BCUT2D eigenvalue weighted by Gasteiger charge is -2.14. The van der Waals surface area contributed by atoms with Crippen molar-refractivity contribution in [3.05, 3.63) is 35.9 Å². The van der Waals surface area contributed by atoms with Crippen LogP contribution in [0.2, 0.25) is 0 Å². The largest absolute Gasteiger partial charge is 0.379 e. The first-order valence-corrected chi connectivity index (χ1v) is 8.21. The van der Waals surface area contributed by atoms with E-state index in [4.69, 9.17) is 4.74 Å². The lowest BCUT2D eigenvalue weighted by molar-refractivity contribution is -0.126. The Bertz CT molecular complexity index is 474. The molecule has 23 heavy (non-hydrogen) atoms. The molecule has 2 amide bonds. The maximum atomic E-state index is 11.9. The zero-order valence-corrected chi connectivity index (χ0v) is 14.3. The number of carbonyl (C=O) groups excluding carboxylic acids is 2. The van der Waals surface area contributed by atoms with Gasteiger partial charge in [-0.1, -0.05) is 30.3 Å². The van der Waals surface area contributed by atoms with Crippen LogP contribution in [0.5, 0.6) is 0 Å². The summed E-state index contributed by atoms with van der Waals surface area (Å²) in [5.41, 5.74) is 1.05. The molecule has 0 heterocycles. The molecule has 0 bridgehead atoms. The number of hydrogen-bond acceptors (Lipinski definition) is 3. The van der Waals surface area contributed by atoms with Crippen molar-refractivity contribution in [1.82, 2.24) is 10.6 Å². The molecule has 0 saturated heterocycles. The third-order valence-corrected chi connectivity index (χ3v) is 3.35. The van der Waals surface area contributed by atoms with E-state index >= 15 is 0 Å². The second kappa shape index (κ2) is 10.8. The first-order valence-electron chi connectivity index (χ1n) is 8.21. The highest BCUT2D eigenvalue weighted by molar-refractivity contribution is 5.83. The fourth-order valence-electron chi connectivity index (χ4n) is 2.07. The number of amides is 2. The van der Waals surface area contributed by atoms with E-state index in [-0.39, 0.29) is 36.8 Å². The van der Waals surface area contributed by atoms with E-state index in [1.807, 2.05) is 51.1 Å². The van der Waals surface area contributed by atoms with Crippen LogP contribution in [-0.4, -0.2) is 31.1 Å². The highest BCUT2D eigenvalue weighted by atomic mass is 16.5. The maximum Gasteiger partial charge on any atom is 0.220 e. The Balaban J connectivity index is 2.14. The third-order valence-electron chi connectivity index (χ3n) is 3.35. The summed E-state index contributed by atoms with van der Waals surface area (Å²) >= 11 is 0. The minimum atomic E-state index is -0.111. The van der Waals surface area contributed by atoms with Gasteiger partial charge in [0.2, 0.25) is 11.8 Å².